The van der Waals surface area contributed by atoms with Gasteiger partial charge in [0.05, 0.1) is 22.5 Å². The van der Waals surface area contributed by atoms with Crippen LogP contribution in [0.25, 0.3) is 16.7 Å². The highest BCUT2D eigenvalue weighted by Gasteiger charge is 2.24. The number of amides is 1. The third-order valence-corrected chi connectivity index (χ3v) is 5.50. The second-order valence-electron chi connectivity index (χ2n) is 7.58. The van der Waals surface area contributed by atoms with Crippen LogP contribution in [0.15, 0.2) is 53.3 Å². The summed E-state index contributed by atoms with van der Waals surface area (Å²) in [5, 5.41) is 10.7. The van der Waals surface area contributed by atoms with Gasteiger partial charge in [-0.2, -0.15) is 0 Å². The van der Waals surface area contributed by atoms with E-state index in [1.54, 1.807) is 53.7 Å². The van der Waals surface area contributed by atoms with Crippen LogP contribution in [0.3, 0.4) is 0 Å². The van der Waals surface area contributed by atoms with Gasteiger partial charge in [0.2, 0.25) is 0 Å². The Bertz CT molecular complexity index is 1400. The topological polar surface area (TPSA) is 113 Å². The second kappa shape index (κ2) is 8.73. The van der Waals surface area contributed by atoms with Gasteiger partial charge in [-0.05, 0) is 51.1 Å². The van der Waals surface area contributed by atoms with Gasteiger partial charge in [0.1, 0.15) is 11.2 Å². The van der Waals surface area contributed by atoms with Crippen molar-refractivity contribution in [2.24, 2.45) is 7.05 Å². The van der Waals surface area contributed by atoms with Crippen LogP contribution in [0.2, 0.25) is 0 Å². The Kier molecular flexibility index (Phi) is 5.82. The van der Waals surface area contributed by atoms with Crippen LogP contribution in [-0.4, -0.2) is 42.3 Å². The zero-order valence-corrected chi connectivity index (χ0v) is 18.8. The molecule has 170 valence electrons. The number of anilines is 1. The van der Waals surface area contributed by atoms with E-state index in [9.17, 15) is 14.4 Å². The Morgan fingerprint density at radius 1 is 1.15 bits per heavy atom. The number of aromatic nitrogens is 5. The summed E-state index contributed by atoms with van der Waals surface area (Å²) < 4.78 is 10.2. The number of rotatable bonds is 6. The van der Waals surface area contributed by atoms with Gasteiger partial charge in [-0.3, -0.25) is 14.3 Å². The van der Waals surface area contributed by atoms with E-state index in [1.807, 2.05) is 25.1 Å². The Labute approximate surface area is 189 Å². The number of para-hydroxylation sites is 1. The second-order valence-corrected chi connectivity index (χ2v) is 7.58. The number of carbonyl (C=O) groups excluding carboxylic acids is 2. The summed E-state index contributed by atoms with van der Waals surface area (Å²) in [6, 6.07) is 14.0. The van der Waals surface area contributed by atoms with Gasteiger partial charge in [0.25, 0.3) is 11.5 Å². The number of nitrogens with zero attached hydrogens (tertiary/aromatic N) is 5. The summed E-state index contributed by atoms with van der Waals surface area (Å²) >= 11 is 0. The van der Waals surface area contributed by atoms with Gasteiger partial charge < -0.3 is 10.1 Å². The average Bonchev–Trinajstić information content (AvgIpc) is 3.33. The molecule has 0 saturated carbocycles. The summed E-state index contributed by atoms with van der Waals surface area (Å²) in [5.74, 6) is -1.27. The van der Waals surface area contributed by atoms with Gasteiger partial charge in [-0.15, -0.1) is 5.10 Å². The zero-order valence-electron chi connectivity index (χ0n) is 18.8. The van der Waals surface area contributed by atoms with Gasteiger partial charge >= 0.3 is 5.97 Å². The van der Waals surface area contributed by atoms with Crippen molar-refractivity contribution in [3.8, 4) is 5.69 Å². The van der Waals surface area contributed by atoms with Crippen molar-refractivity contribution >= 4 is 28.6 Å². The Morgan fingerprint density at radius 2 is 1.88 bits per heavy atom. The van der Waals surface area contributed by atoms with E-state index < -0.39 is 18.0 Å². The zero-order chi connectivity index (χ0) is 23.7. The highest BCUT2D eigenvalue weighted by molar-refractivity contribution is 5.98. The minimum absolute atomic E-state index is 0.131. The number of benzene rings is 2. The lowest BCUT2D eigenvalue weighted by molar-refractivity contribution is -0.123. The van der Waals surface area contributed by atoms with Crippen LogP contribution in [0, 0.1) is 6.92 Å². The first-order valence-electron chi connectivity index (χ1n) is 10.5. The largest absolute Gasteiger partial charge is 0.449 e. The molecule has 1 unspecified atom stereocenters. The molecule has 2 heterocycles. The fraction of sp³-hybridized carbons (Fsp3) is 0.261. The predicted octanol–water partition coefficient (Wildman–Crippen LogP) is 2.43. The van der Waals surface area contributed by atoms with Crippen molar-refractivity contribution in [3.05, 3.63) is 70.1 Å². The van der Waals surface area contributed by atoms with Crippen molar-refractivity contribution < 1.29 is 14.3 Å². The lowest BCUT2D eigenvalue weighted by Gasteiger charge is -2.13. The van der Waals surface area contributed by atoms with Crippen molar-refractivity contribution in [1.82, 2.24) is 24.4 Å². The number of nitrogens with one attached hydrogen (secondary N) is 1. The van der Waals surface area contributed by atoms with Crippen molar-refractivity contribution in [3.63, 3.8) is 0 Å². The molecule has 10 heteroatoms. The van der Waals surface area contributed by atoms with E-state index in [4.69, 9.17) is 4.74 Å². The molecule has 1 atom stereocenters. The molecule has 0 aliphatic heterocycles. The molecule has 33 heavy (non-hydrogen) atoms. The summed E-state index contributed by atoms with van der Waals surface area (Å²) in [6.07, 6.45) is -1.12. The van der Waals surface area contributed by atoms with E-state index >= 15 is 0 Å². The fourth-order valence-corrected chi connectivity index (χ4v) is 3.55. The van der Waals surface area contributed by atoms with E-state index in [-0.39, 0.29) is 16.8 Å². The molecule has 10 nitrogen and oxygen atoms in total. The lowest BCUT2D eigenvalue weighted by Crippen LogP contribution is -2.32. The molecule has 2 aromatic carbocycles. The highest BCUT2D eigenvalue weighted by Crippen LogP contribution is 2.17. The van der Waals surface area contributed by atoms with Crippen molar-refractivity contribution in [1.29, 1.82) is 0 Å². The summed E-state index contributed by atoms with van der Waals surface area (Å²) in [5.41, 5.74) is 2.61. The molecule has 0 saturated heterocycles. The number of hydrogen-bond donors (Lipinski definition) is 1. The minimum atomic E-state index is -1.12. The smallest absolute Gasteiger partial charge is 0.338 e. The molecule has 1 amide bonds. The molecule has 0 radical (unpaired) electrons. The van der Waals surface area contributed by atoms with Crippen LogP contribution >= 0.6 is 0 Å². The van der Waals surface area contributed by atoms with Crippen molar-refractivity contribution in [2.45, 2.75) is 33.4 Å². The maximum atomic E-state index is 13.0. The van der Waals surface area contributed by atoms with Crippen LogP contribution in [0.1, 0.15) is 29.9 Å². The molecule has 1 N–H and O–H groups in total. The molecule has 0 aliphatic rings. The average molecular weight is 448 g/mol. The third kappa shape index (κ3) is 4.02. The number of fused-ring (bicyclic) bond motifs is 1. The van der Waals surface area contributed by atoms with E-state index in [0.29, 0.717) is 23.4 Å². The van der Waals surface area contributed by atoms with Gasteiger partial charge in [0, 0.05) is 13.6 Å². The number of hydrogen-bond acceptors (Lipinski definition) is 6. The van der Waals surface area contributed by atoms with Crippen LogP contribution in [-0.2, 0) is 23.1 Å². The molecule has 4 aromatic rings. The standard InChI is InChI=1S/C23H24N6O4/c1-5-28-19-12-11-16(13-18(19)25-26-28)23(32)33-15(3)21(30)24-20-14(2)27(4)29(22(20)31)17-9-7-6-8-10-17/h6-13,15H,5H2,1-4H3,(H,24,30). The molecule has 4 rings (SSSR count). The van der Waals surface area contributed by atoms with Crippen LogP contribution in [0.5, 0.6) is 0 Å². The molecule has 2 aromatic heterocycles. The lowest BCUT2D eigenvalue weighted by atomic mass is 10.2. The Balaban J connectivity index is 1.50. The van der Waals surface area contributed by atoms with E-state index in [1.165, 1.54) is 11.6 Å². The first kappa shape index (κ1) is 22.0. The SMILES string of the molecule is CCn1nnc2cc(C(=O)OC(C)C(=O)Nc3c(C)n(C)n(-c4ccccc4)c3=O)ccc21. The predicted molar refractivity (Wildman–Crippen MR) is 122 cm³/mol. The first-order valence-corrected chi connectivity index (χ1v) is 10.5. The fourth-order valence-electron chi connectivity index (χ4n) is 3.55. The van der Waals surface area contributed by atoms with Gasteiger partial charge in [-0.25, -0.2) is 14.2 Å². The minimum Gasteiger partial charge on any atom is -0.449 e. The number of ether oxygens (including phenoxy) is 1. The third-order valence-electron chi connectivity index (χ3n) is 5.50. The summed E-state index contributed by atoms with van der Waals surface area (Å²) in [4.78, 5) is 38.3. The number of carbonyl (C=O) groups is 2. The highest BCUT2D eigenvalue weighted by atomic mass is 16.5. The monoisotopic (exact) mass is 448 g/mol. The molecular formula is C23H24N6O4. The quantitative estimate of drug-likeness (QED) is 0.453. The Morgan fingerprint density at radius 3 is 2.58 bits per heavy atom. The van der Waals surface area contributed by atoms with E-state index in [0.717, 1.165) is 5.52 Å². The Hall–Kier alpha value is -4.21. The van der Waals surface area contributed by atoms with Crippen molar-refractivity contribution in [2.75, 3.05) is 5.32 Å². The van der Waals surface area contributed by atoms with Crippen LogP contribution < -0.4 is 10.9 Å². The summed E-state index contributed by atoms with van der Waals surface area (Å²) in [6.45, 7) is 5.78. The summed E-state index contributed by atoms with van der Waals surface area (Å²) in [7, 11) is 1.73. The maximum absolute atomic E-state index is 13.0. The van der Waals surface area contributed by atoms with Gasteiger partial charge in [-0.1, -0.05) is 23.4 Å². The number of esters is 1. The maximum Gasteiger partial charge on any atom is 0.338 e. The normalized spacial score (nSPS) is 12.0. The van der Waals surface area contributed by atoms with E-state index in [2.05, 4.69) is 15.6 Å². The molecular weight excluding hydrogens is 424 g/mol. The molecule has 0 aliphatic carbocycles. The molecule has 0 fully saturated rings. The van der Waals surface area contributed by atoms with Gasteiger partial charge in [0.15, 0.2) is 6.10 Å². The molecule has 0 spiro atoms. The molecule has 0 bridgehead atoms. The van der Waals surface area contributed by atoms with Crippen LogP contribution in [0.4, 0.5) is 5.69 Å². The first-order chi connectivity index (χ1) is 15.8. The number of aryl methyl sites for hydroxylation is 1.